The minimum absolute atomic E-state index is 0.274. The summed E-state index contributed by atoms with van der Waals surface area (Å²) < 4.78 is 33.1. The van der Waals surface area contributed by atoms with E-state index in [1.54, 1.807) is 31.7 Å². The van der Waals surface area contributed by atoms with Crippen LogP contribution in [0, 0.1) is 11.8 Å². The third-order valence-electron chi connectivity index (χ3n) is 7.33. The molecule has 1 unspecified atom stereocenters. The first-order valence-electron chi connectivity index (χ1n) is 14.0. The van der Waals surface area contributed by atoms with Crippen molar-refractivity contribution < 1.29 is 23.5 Å². The number of nitrogen functional groups attached to an aromatic ring is 1. The monoisotopic (exact) mass is 563 g/mol. The summed E-state index contributed by atoms with van der Waals surface area (Å²) in [4.78, 5) is 25.0. The number of ether oxygens (including phenoxy) is 2. The molecule has 0 aliphatic heterocycles. The highest BCUT2D eigenvalue weighted by molar-refractivity contribution is 7.56. The Labute approximate surface area is 230 Å². The van der Waals surface area contributed by atoms with Crippen molar-refractivity contribution in [2.75, 3.05) is 12.1 Å². The maximum atomic E-state index is 14.1. The van der Waals surface area contributed by atoms with Crippen molar-refractivity contribution in [2.45, 2.75) is 104 Å². The van der Waals surface area contributed by atoms with Gasteiger partial charge in [0.05, 0.1) is 30.8 Å². The van der Waals surface area contributed by atoms with Crippen molar-refractivity contribution in [3.05, 3.63) is 12.7 Å². The van der Waals surface area contributed by atoms with E-state index in [0.29, 0.717) is 35.4 Å². The van der Waals surface area contributed by atoms with Crippen LogP contribution < -0.4 is 10.8 Å². The molecule has 2 fully saturated rings. The molecule has 216 valence electrons. The van der Waals surface area contributed by atoms with Crippen molar-refractivity contribution in [1.29, 1.82) is 0 Å². The van der Waals surface area contributed by atoms with Crippen LogP contribution in [0.5, 0.6) is 0 Å². The van der Waals surface area contributed by atoms with E-state index >= 15 is 0 Å². The van der Waals surface area contributed by atoms with Gasteiger partial charge in [-0.25, -0.2) is 20.0 Å². The highest BCUT2D eigenvalue weighted by Gasteiger charge is 2.35. The molecule has 39 heavy (non-hydrogen) atoms. The highest BCUT2D eigenvalue weighted by Crippen LogP contribution is 2.45. The van der Waals surface area contributed by atoms with Crippen molar-refractivity contribution in [3.63, 3.8) is 0 Å². The van der Waals surface area contributed by atoms with Crippen LogP contribution in [0.1, 0.15) is 79.1 Å². The van der Waals surface area contributed by atoms with Crippen LogP contribution in [0.15, 0.2) is 17.8 Å². The standard InChI is InChI=1S/C26H42N7O5P/c1-17(2)37-26(34)19(4)32-39(35,38-31-22(20-9-5-6-10-20)21-11-7-8-12-21)16-36-18(3)13-33-15-30-23-24(27)28-14-29-25(23)33/h14-15,17-21H,5-13,16H2,1-4H3,(H,32,35)(H2,27,28,29)/t18-,19+,39?/m1/s1. The molecule has 12 nitrogen and oxygen atoms in total. The molecule has 4 rings (SSSR count). The van der Waals surface area contributed by atoms with Crippen LogP contribution in [0.4, 0.5) is 5.82 Å². The third kappa shape index (κ3) is 7.77. The summed E-state index contributed by atoms with van der Waals surface area (Å²) >= 11 is 0. The molecular formula is C26H42N7O5P. The van der Waals surface area contributed by atoms with E-state index in [-0.39, 0.29) is 18.6 Å². The number of nitrogens with one attached hydrogen (secondary N) is 1. The molecule has 2 aliphatic rings. The number of anilines is 1. The highest BCUT2D eigenvalue weighted by atomic mass is 31.2. The Balaban J connectivity index is 1.48. The lowest BCUT2D eigenvalue weighted by Crippen LogP contribution is -2.36. The van der Waals surface area contributed by atoms with Crippen LogP contribution in [-0.4, -0.2) is 55.8 Å². The first-order valence-corrected chi connectivity index (χ1v) is 15.8. The molecule has 0 radical (unpaired) electrons. The molecule has 2 aliphatic carbocycles. The number of hydrogen-bond donors (Lipinski definition) is 2. The lowest BCUT2D eigenvalue weighted by Gasteiger charge is -2.25. The Kier molecular flexibility index (Phi) is 9.96. The number of hydrogen-bond acceptors (Lipinski definition) is 10. The predicted octanol–water partition coefficient (Wildman–Crippen LogP) is 4.65. The number of carbonyl (C=O) groups excluding carboxylic acids is 1. The molecular weight excluding hydrogens is 521 g/mol. The van der Waals surface area contributed by atoms with Crippen LogP contribution in [0.25, 0.3) is 11.2 Å². The summed E-state index contributed by atoms with van der Waals surface area (Å²) in [5, 5.41) is 7.41. The van der Waals surface area contributed by atoms with Gasteiger partial charge in [-0.1, -0.05) is 30.8 Å². The molecule has 2 heterocycles. The van der Waals surface area contributed by atoms with E-state index in [4.69, 9.17) is 19.8 Å². The Hall–Kier alpha value is -2.56. The first-order chi connectivity index (χ1) is 18.6. The van der Waals surface area contributed by atoms with E-state index in [1.807, 2.05) is 6.92 Å². The fourth-order valence-corrected chi connectivity index (χ4v) is 6.93. The topological polar surface area (TPSA) is 156 Å². The molecule has 0 aromatic carbocycles. The van der Waals surface area contributed by atoms with E-state index in [2.05, 4.69) is 25.2 Å². The quantitative estimate of drug-likeness (QED) is 0.152. The minimum atomic E-state index is -3.74. The van der Waals surface area contributed by atoms with Crippen LogP contribution in [0.3, 0.4) is 0 Å². The van der Waals surface area contributed by atoms with E-state index < -0.39 is 19.5 Å². The Morgan fingerprint density at radius 1 is 1.10 bits per heavy atom. The summed E-state index contributed by atoms with van der Waals surface area (Å²) in [5.74, 6) is 0.497. The first kappa shape index (κ1) is 29.4. The second-order valence-electron chi connectivity index (χ2n) is 11.0. The summed E-state index contributed by atoms with van der Waals surface area (Å²) in [6.45, 7) is 7.37. The van der Waals surface area contributed by atoms with Crippen LogP contribution in [0.2, 0.25) is 0 Å². The number of nitrogens with two attached hydrogens (primary N) is 1. The van der Waals surface area contributed by atoms with Crippen molar-refractivity contribution in [3.8, 4) is 0 Å². The van der Waals surface area contributed by atoms with Gasteiger partial charge in [0.25, 0.3) is 0 Å². The SMILES string of the molecule is CC(C)OC(=O)[C@H](C)NP(=O)(CO[C@H](C)Cn1cnc2c(N)ncnc21)ON=C(C1CCCC1)C1CCCC1. The van der Waals surface area contributed by atoms with Crippen molar-refractivity contribution in [2.24, 2.45) is 17.0 Å². The van der Waals surface area contributed by atoms with Gasteiger partial charge in [-0.3, -0.25) is 9.36 Å². The number of imidazole rings is 1. The van der Waals surface area contributed by atoms with E-state index in [9.17, 15) is 9.36 Å². The zero-order valence-electron chi connectivity index (χ0n) is 23.4. The number of oxime groups is 1. The molecule has 2 saturated carbocycles. The number of aromatic nitrogens is 4. The van der Waals surface area contributed by atoms with Gasteiger partial charge in [-0.2, -0.15) is 0 Å². The van der Waals surface area contributed by atoms with Crippen molar-refractivity contribution in [1.82, 2.24) is 24.6 Å². The van der Waals surface area contributed by atoms with Gasteiger partial charge in [0.2, 0.25) is 0 Å². The fraction of sp³-hybridized carbons (Fsp3) is 0.731. The molecule has 3 N–H and O–H groups in total. The van der Waals surface area contributed by atoms with Gasteiger partial charge < -0.3 is 24.4 Å². The minimum Gasteiger partial charge on any atom is -0.462 e. The van der Waals surface area contributed by atoms with E-state index in [1.165, 1.54) is 32.0 Å². The average molecular weight is 564 g/mol. The lowest BCUT2D eigenvalue weighted by molar-refractivity contribution is -0.149. The number of esters is 1. The fourth-order valence-electron chi connectivity index (χ4n) is 5.39. The second kappa shape index (κ2) is 13.2. The van der Waals surface area contributed by atoms with E-state index in [0.717, 1.165) is 31.4 Å². The van der Waals surface area contributed by atoms with Gasteiger partial charge in [0.1, 0.15) is 24.2 Å². The molecule has 0 bridgehead atoms. The Morgan fingerprint density at radius 3 is 2.36 bits per heavy atom. The number of nitrogens with zero attached hydrogens (tertiary/aromatic N) is 5. The maximum Gasteiger partial charge on any atom is 0.364 e. The van der Waals surface area contributed by atoms with Gasteiger partial charge >= 0.3 is 13.5 Å². The van der Waals surface area contributed by atoms with Crippen molar-refractivity contribution >= 4 is 36.2 Å². The normalized spacial score (nSPS) is 19.7. The predicted molar refractivity (Wildman–Crippen MR) is 149 cm³/mol. The molecule has 2 aromatic rings. The molecule has 0 amide bonds. The van der Waals surface area contributed by atoms with Crippen LogP contribution in [-0.2, 0) is 30.0 Å². The maximum absolute atomic E-state index is 14.1. The van der Waals surface area contributed by atoms with Gasteiger partial charge in [-0.05, 0) is 53.4 Å². The molecule has 13 heteroatoms. The lowest BCUT2D eigenvalue weighted by atomic mass is 9.89. The molecule has 0 saturated heterocycles. The summed E-state index contributed by atoms with van der Waals surface area (Å²) in [5.41, 5.74) is 8.01. The number of carbonyl (C=O) groups is 1. The zero-order chi connectivity index (χ0) is 28.0. The summed E-state index contributed by atoms with van der Waals surface area (Å²) in [6, 6.07) is -0.869. The van der Waals surface area contributed by atoms with Gasteiger partial charge in [-0.15, -0.1) is 0 Å². The summed E-state index contributed by atoms with van der Waals surface area (Å²) in [6.07, 6.45) is 11.0. The van der Waals surface area contributed by atoms with Crippen LogP contribution >= 0.6 is 7.52 Å². The zero-order valence-corrected chi connectivity index (χ0v) is 24.3. The smallest absolute Gasteiger partial charge is 0.364 e. The van der Waals surface area contributed by atoms with Gasteiger partial charge in [0.15, 0.2) is 11.5 Å². The molecule has 2 aromatic heterocycles. The average Bonchev–Trinajstić information content (AvgIpc) is 3.67. The largest absolute Gasteiger partial charge is 0.462 e. The molecule has 0 spiro atoms. The molecule has 3 atom stereocenters. The number of rotatable bonds is 13. The second-order valence-corrected chi connectivity index (χ2v) is 13.0. The number of fused-ring (bicyclic) bond motifs is 1. The summed E-state index contributed by atoms with van der Waals surface area (Å²) in [7, 11) is -3.74. The Morgan fingerprint density at radius 2 is 1.74 bits per heavy atom. The third-order valence-corrected chi connectivity index (χ3v) is 8.95. The van der Waals surface area contributed by atoms with Gasteiger partial charge in [0, 0.05) is 11.8 Å². The Bertz CT molecular complexity index is 1170.